The van der Waals surface area contributed by atoms with E-state index in [1.165, 1.54) is 35.4 Å². The van der Waals surface area contributed by atoms with Crippen molar-refractivity contribution < 1.29 is 9.59 Å². The molecule has 0 unspecified atom stereocenters. The molecule has 1 aliphatic carbocycles. The summed E-state index contributed by atoms with van der Waals surface area (Å²) in [6, 6.07) is 0. The van der Waals surface area contributed by atoms with Crippen LogP contribution in [0.15, 0.2) is 12.7 Å². The van der Waals surface area contributed by atoms with E-state index in [1.807, 2.05) is 0 Å². The third kappa shape index (κ3) is 3.69. The smallest absolute Gasteiger partial charge is 0.246 e. The molecule has 1 aromatic rings. The van der Waals surface area contributed by atoms with Crippen molar-refractivity contribution >= 4 is 29.3 Å². The molecule has 1 saturated carbocycles. The molecule has 124 valence electrons. The van der Waals surface area contributed by atoms with Gasteiger partial charge in [0.05, 0.1) is 6.54 Å². The van der Waals surface area contributed by atoms with Crippen LogP contribution in [-0.2, 0) is 9.59 Å². The number of nitrogens with zero attached hydrogens (tertiary/aromatic N) is 5. The normalized spacial score (nSPS) is 18.0. The lowest BCUT2D eigenvalue weighted by Gasteiger charge is -2.34. The minimum atomic E-state index is -0.240. The molecule has 3 rings (SSSR count). The van der Waals surface area contributed by atoms with Crippen LogP contribution < -0.4 is 4.90 Å². The number of anilines is 1. The van der Waals surface area contributed by atoms with E-state index in [0.29, 0.717) is 19.0 Å². The molecular formula is C15H21N5O2S. The number of likely N-dealkylation sites (N-methyl/N-ethyl adjacent to an activating group) is 1. The number of hydrogen-bond donors (Lipinski definition) is 0. The Kier molecular flexibility index (Phi) is 4.61. The van der Waals surface area contributed by atoms with Gasteiger partial charge >= 0.3 is 0 Å². The van der Waals surface area contributed by atoms with Crippen molar-refractivity contribution in [2.45, 2.75) is 18.8 Å². The van der Waals surface area contributed by atoms with E-state index in [1.54, 1.807) is 11.9 Å². The summed E-state index contributed by atoms with van der Waals surface area (Å²) >= 11 is 1.50. The predicted octanol–water partition coefficient (Wildman–Crippen LogP) is 0.708. The first kappa shape index (κ1) is 15.9. The summed E-state index contributed by atoms with van der Waals surface area (Å²) < 4.78 is 4.44. The Morgan fingerprint density at radius 1 is 1.35 bits per heavy atom. The topological polar surface area (TPSA) is 69.6 Å². The Balaban J connectivity index is 1.50. The van der Waals surface area contributed by atoms with Gasteiger partial charge in [-0.3, -0.25) is 9.59 Å². The fraction of sp³-hybridized carbons (Fsp3) is 0.600. The first-order valence-electron chi connectivity index (χ1n) is 7.82. The maximum atomic E-state index is 12.2. The molecule has 2 fully saturated rings. The van der Waals surface area contributed by atoms with Crippen molar-refractivity contribution in [3.8, 4) is 0 Å². The van der Waals surface area contributed by atoms with Gasteiger partial charge in [0.1, 0.15) is 5.01 Å². The highest BCUT2D eigenvalue weighted by Crippen LogP contribution is 2.41. The van der Waals surface area contributed by atoms with Crippen LogP contribution in [0.1, 0.15) is 23.8 Å². The molecule has 2 heterocycles. The molecular weight excluding hydrogens is 314 g/mol. The van der Waals surface area contributed by atoms with Gasteiger partial charge in [-0.05, 0) is 30.5 Å². The Morgan fingerprint density at radius 3 is 2.65 bits per heavy atom. The van der Waals surface area contributed by atoms with Crippen LogP contribution in [0.3, 0.4) is 0 Å². The average molecular weight is 335 g/mol. The van der Waals surface area contributed by atoms with Gasteiger partial charge in [0, 0.05) is 39.1 Å². The van der Waals surface area contributed by atoms with Crippen molar-refractivity contribution in [2.24, 2.45) is 0 Å². The van der Waals surface area contributed by atoms with Crippen LogP contribution in [0.2, 0.25) is 0 Å². The molecule has 8 heteroatoms. The summed E-state index contributed by atoms with van der Waals surface area (Å²) in [5.41, 5.74) is 0. The number of piperazine rings is 1. The quantitative estimate of drug-likeness (QED) is 0.741. The second kappa shape index (κ2) is 6.66. The highest BCUT2D eigenvalue weighted by molar-refractivity contribution is 7.05. The highest BCUT2D eigenvalue weighted by Gasteiger charge is 2.29. The summed E-state index contributed by atoms with van der Waals surface area (Å²) in [7, 11) is 1.61. The van der Waals surface area contributed by atoms with Crippen LogP contribution >= 0.6 is 11.5 Å². The number of rotatable bonds is 5. The van der Waals surface area contributed by atoms with E-state index in [4.69, 9.17) is 0 Å². The molecule has 0 bridgehead atoms. The van der Waals surface area contributed by atoms with Crippen molar-refractivity contribution in [3.05, 3.63) is 17.7 Å². The number of carbonyl (C=O) groups excluding carboxylic acids is 2. The molecule has 0 spiro atoms. The van der Waals surface area contributed by atoms with Gasteiger partial charge in [-0.1, -0.05) is 6.58 Å². The molecule has 2 amide bonds. The molecule has 2 aliphatic rings. The standard InChI is InChI=1S/C15H21N5O2S/c1-3-12(21)18(2)10-13(22)19-6-8-20(9-7-19)15-16-14(23-17-15)11-4-5-11/h3,11H,1,4-10H2,2H3. The van der Waals surface area contributed by atoms with Crippen LogP contribution in [0, 0.1) is 0 Å². The SMILES string of the molecule is C=CC(=O)N(C)CC(=O)N1CCN(c2nsc(C3CC3)n2)CC1. The Bertz CT molecular complexity index is 605. The predicted molar refractivity (Wildman–Crippen MR) is 88.5 cm³/mol. The Hall–Kier alpha value is -1.96. The summed E-state index contributed by atoms with van der Waals surface area (Å²) in [5, 5.41) is 1.14. The van der Waals surface area contributed by atoms with Crippen molar-refractivity contribution in [3.63, 3.8) is 0 Å². The van der Waals surface area contributed by atoms with Crippen LogP contribution in [0.25, 0.3) is 0 Å². The zero-order chi connectivity index (χ0) is 16.4. The minimum absolute atomic E-state index is 0.0349. The summed E-state index contributed by atoms with van der Waals surface area (Å²) in [6.07, 6.45) is 3.68. The van der Waals surface area contributed by atoms with Crippen molar-refractivity contribution in [2.75, 3.05) is 44.7 Å². The van der Waals surface area contributed by atoms with E-state index >= 15 is 0 Å². The number of hydrogen-bond acceptors (Lipinski definition) is 6. The Morgan fingerprint density at radius 2 is 2.04 bits per heavy atom. The fourth-order valence-electron chi connectivity index (χ4n) is 2.54. The van der Waals surface area contributed by atoms with Gasteiger partial charge in [0.15, 0.2) is 0 Å². The Labute approximate surface area is 139 Å². The lowest BCUT2D eigenvalue weighted by molar-refractivity contribution is -0.137. The minimum Gasteiger partial charge on any atom is -0.338 e. The number of aromatic nitrogens is 2. The van der Waals surface area contributed by atoms with Gasteiger partial charge in [0.25, 0.3) is 0 Å². The van der Waals surface area contributed by atoms with Gasteiger partial charge < -0.3 is 14.7 Å². The van der Waals surface area contributed by atoms with Gasteiger partial charge in [0.2, 0.25) is 17.8 Å². The molecule has 23 heavy (non-hydrogen) atoms. The molecule has 1 aromatic heterocycles. The fourth-order valence-corrected chi connectivity index (χ4v) is 3.38. The molecule has 0 N–H and O–H groups in total. The third-order valence-corrected chi connectivity index (χ3v) is 5.06. The summed E-state index contributed by atoms with van der Waals surface area (Å²) in [4.78, 5) is 33.6. The van der Waals surface area contributed by atoms with Gasteiger partial charge in [-0.25, -0.2) is 4.98 Å². The molecule has 0 radical (unpaired) electrons. The van der Waals surface area contributed by atoms with E-state index in [9.17, 15) is 9.59 Å². The zero-order valence-corrected chi connectivity index (χ0v) is 14.1. The molecule has 0 aromatic carbocycles. The van der Waals surface area contributed by atoms with Gasteiger partial charge in [-0.15, -0.1) is 0 Å². The third-order valence-electron chi connectivity index (χ3n) is 4.20. The second-order valence-electron chi connectivity index (χ2n) is 5.97. The number of carbonyl (C=O) groups is 2. The van der Waals surface area contributed by atoms with E-state index in [-0.39, 0.29) is 18.4 Å². The molecule has 0 atom stereocenters. The summed E-state index contributed by atoms with van der Waals surface area (Å²) in [6.45, 7) is 6.24. The molecule has 7 nitrogen and oxygen atoms in total. The highest BCUT2D eigenvalue weighted by atomic mass is 32.1. The maximum absolute atomic E-state index is 12.2. The molecule has 1 aliphatic heterocycles. The van der Waals surface area contributed by atoms with E-state index in [2.05, 4.69) is 20.8 Å². The largest absolute Gasteiger partial charge is 0.338 e. The lowest BCUT2D eigenvalue weighted by atomic mass is 10.3. The van der Waals surface area contributed by atoms with Crippen LogP contribution in [0.5, 0.6) is 0 Å². The second-order valence-corrected chi connectivity index (χ2v) is 6.76. The average Bonchev–Trinajstić information content (AvgIpc) is 3.31. The number of amides is 2. The van der Waals surface area contributed by atoms with E-state index in [0.717, 1.165) is 24.0 Å². The van der Waals surface area contributed by atoms with Crippen LogP contribution in [-0.4, -0.2) is 70.7 Å². The molecule has 1 saturated heterocycles. The maximum Gasteiger partial charge on any atom is 0.246 e. The first-order chi connectivity index (χ1) is 11.1. The first-order valence-corrected chi connectivity index (χ1v) is 8.59. The summed E-state index contributed by atoms with van der Waals surface area (Å²) in [5.74, 6) is 1.15. The van der Waals surface area contributed by atoms with Crippen LogP contribution in [0.4, 0.5) is 5.95 Å². The zero-order valence-electron chi connectivity index (χ0n) is 13.3. The van der Waals surface area contributed by atoms with Crippen molar-refractivity contribution in [1.82, 2.24) is 19.2 Å². The van der Waals surface area contributed by atoms with Gasteiger partial charge in [-0.2, -0.15) is 4.37 Å². The van der Waals surface area contributed by atoms with Crippen molar-refractivity contribution in [1.29, 1.82) is 0 Å². The lowest BCUT2D eigenvalue weighted by Crippen LogP contribution is -2.51. The monoisotopic (exact) mass is 335 g/mol. The van der Waals surface area contributed by atoms with E-state index < -0.39 is 0 Å².